The number of nitrogens with zero attached hydrogens (tertiary/aromatic N) is 1. The van der Waals surface area contributed by atoms with Crippen molar-refractivity contribution in [3.63, 3.8) is 0 Å². The summed E-state index contributed by atoms with van der Waals surface area (Å²) < 4.78 is 0. The van der Waals surface area contributed by atoms with Gasteiger partial charge in [-0.25, -0.2) is 10.9 Å². The van der Waals surface area contributed by atoms with Gasteiger partial charge in [-0.3, -0.25) is 5.41 Å². The first kappa shape index (κ1) is 7.56. The number of nitrogens with two attached hydrogens (primary N) is 2. The van der Waals surface area contributed by atoms with Gasteiger partial charge in [-0.15, -0.1) is 0 Å². The summed E-state index contributed by atoms with van der Waals surface area (Å²) >= 11 is 0. The predicted octanol–water partition coefficient (Wildman–Crippen LogP) is 0.260. The number of hydrogen-bond acceptors (Lipinski definition) is 2. The Morgan fingerprint density at radius 2 is 1.82 bits per heavy atom. The lowest BCUT2D eigenvalue weighted by Gasteiger charge is -2.14. The molecular weight excluding hydrogens is 140 g/mol. The minimum absolute atomic E-state index is 0.170. The topological polar surface area (TPSA) is 79.1 Å². The van der Waals surface area contributed by atoms with Crippen molar-refractivity contribution in [2.24, 2.45) is 11.6 Å². The van der Waals surface area contributed by atoms with Gasteiger partial charge in [0.15, 0.2) is 0 Å². The van der Waals surface area contributed by atoms with E-state index in [2.05, 4.69) is 0 Å². The minimum Gasteiger partial charge on any atom is -0.369 e. The zero-order valence-electron chi connectivity index (χ0n) is 5.99. The molecule has 0 heterocycles. The third-order valence-electron chi connectivity index (χ3n) is 1.29. The van der Waals surface area contributed by atoms with Gasteiger partial charge in [-0.05, 0) is 12.1 Å². The van der Waals surface area contributed by atoms with E-state index in [0.29, 0.717) is 5.69 Å². The Morgan fingerprint density at radius 3 is 2.27 bits per heavy atom. The molecule has 58 valence electrons. The Hall–Kier alpha value is -1.55. The van der Waals surface area contributed by atoms with E-state index >= 15 is 0 Å². The first-order valence-electron chi connectivity index (χ1n) is 3.15. The molecule has 0 fully saturated rings. The van der Waals surface area contributed by atoms with Crippen molar-refractivity contribution in [2.45, 2.75) is 0 Å². The molecule has 0 unspecified atom stereocenters. The number of benzene rings is 1. The molecule has 4 heteroatoms. The SMILES string of the molecule is N=C(N)N(N)c1ccccc1. The van der Waals surface area contributed by atoms with Gasteiger partial charge in [-0.2, -0.15) is 0 Å². The second-order valence-corrected chi connectivity index (χ2v) is 2.09. The lowest BCUT2D eigenvalue weighted by atomic mass is 10.3. The summed E-state index contributed by atoms with van der Waals surface area (Å²) in [7, 11) is 0. The van der Waals surface area contributed by atoms with Crippen LogP contribution >= 0.6 is 0 Å². The smallest absolute Gasteiger partial charge is 0.207 e. The summed E-state index contributed by atoms with van der Waals surface area (Å²) in [6.45, 7) is 0. The highest BCUT2D eigenvalue weighted by Crippen LogP contribution is 2.07. The first-order chi connectivity index (χ1) is 5.22. The van der Waals surface area contributed by atoms with Crippen molar-refractivity contribution in [2.75, 3.05) is 5.01 Å². The van der Waals surface area contributed by atoms with Crippen molar-refractivity contribution in [3.05, 3.63) is 30.3 Å². The van der Waals surface area contributed by atoms with Crippen LogP contribution in [0.4, 0.5) is 5.69 Å². The number of rotatable bonds is 1. The maximum Gasteiger partial charge on any atom is 0.207 e. The quantitative estimate of drug-likeness (QED) is 0.232. The Balaban J connectivity index is 2.85. The number of para-hydroxylation sites is 1. The largest absolute Gasteiger partial charge is 0.369 e. The van der Waals surface area contributed by atoms with Gasteiger partial charge in [0, 0.05) is 0 Å². The first-order valence-corrected chi connectivity index (χ1v) is 3.15. The van der Waals surface area contributed by atoms with Crippen molar-refractivity contribution in [1.29, 1.82) is 5.41 Å². The van der Waals surface area contributed by atoms with Crippen LogP contribution in [0.3, 0.4) is 0 Å². The highest BCUT2D eigenvalue weighted by molar-refractivity contribution is 5.91. The van der Waals surface area contributed by atoms with Gasteiger partial charge in [0.05, 0.1) is 5.69 Å². The van der Waals surface area contributed by atoms with E-state index in [0.717, 1.165) is 5.01 Å². The molecule has 1 aromatic carbocycles. The zero-order valence-corrected chi connectivity index (χ0v) is 5.99. The molecule has 0 bridgehead atoms. The van der Waals surface area contributed by atoms with Crippen LogP contribution < -0.4 is 16.6 Å². The van der Waals surface area contributed by atoms with E-state index in [4.69, 9.17) is 17.0 Å². The fraction of sp³-hybridized carbons (Fsp3) is 0. The molecule has 0 aliphatic rings. The van der Waals surface area contributed by atoms with Gasteiger partial charge < -0.3 is 5.73 Å². The van der Waals surface area contributed by atoms with E-state index < -0.39 is 0 Å². The van der Waals surface area contributed by atoms with E-state index in [9.17, 15) is 0 Å². The Bertz CT molecular complexity index is 244. The average molecular weight is 150 g/mol. The van der Waals surface area contributed by atoms with E-state index in [1.807, 2.05) is 18.2 Å². The highest BCUT2D eigenvalue weighted by atomic mass is 15.5. The average Bonchev–Trinajstić information content (AvgIpc) is 2.05. The van der Waals surface area contributed by atoms with Crippen molar-refractivity contribution >= 4 is 11.6 Å². The van der Waals surface area contributed by atoms with Gasteiger partial charge in [-0.1, -0.05) is 18.2 Å². The van der Waals surface area contributed by atoms with Crippen LogP contribution in [0.15, 0.2) is 30.3 Å². The minimum atomic E-state index is -0.170. The molecule has 4 nitrogen and oxygen atoms in total. The summed E-state index contributed by atoms with van der Waals surface area (Å²) in [6.07, 6.45) is 0. The zero-order chi connectivity index (χ0) is 8.27. The second-order valence-electron chi connectivity index (χ2n) is 2.09. The Kier molecular flexibility index (Phi) is 2.08. The van der Waals surface area contributed by atoms with Crippen LogP contribution in [0.1, 0.15) is 0 Å². The maximum absolute atomic E-state index is 7.02. The van der Waals surface area contributed by atoms with Gasteiger partial charge in [0.1, 0.15) is 0 Å². The van der Waals surface area contributed by atoms with E-state index in [1.165, 1.54) is 0 Å². The molecule has 0 saturated carbocycles. The monoisotopic (exact) mass is 150 g/mol. The molecule has 0 aromatic heterocycles. The fourth-order valence-corrected chi connectivity index (χ4v) is 0.728. The summed E-state index contributed by atoms with van der Waals surface area (Å²) in [4.78, 5) is 0. The van der Waals surface area contributed by atoms with Gasteiger partial charge >= 0.3 is 0 Å². The normalized spacial score (nSPS) is 9.18. The van der Waals surface area contributed by atoms with Crippen LogP contribution in [0.5, 0.6) is 0 Å². The molecule has 0 spiro atoms. The lowest BCUT2D eigenvalue weighted by molar-refractivity contribution is 1.09. The van der Waals surface area contributed by atoms with Crippen molar-refractivity contribution in [1.82, 2.24) is 0 Å². The van der Waals surface area contributed by atoms with Gasteiger partial charge in [0.25, 0.3) is 0 Å². The summed E-state index contributed by atoms with van der Waals surface area (Å²) in [5.74, 6) is 5.25. The third kappa shape index (κ3) is 1.68. The standard InChI is InChI=1S/C7H10N4/c8-7(9)11(10)6-4-2-1-3-5-6/h1-5H,10H2,(H3,8,9). The second kappa shape index (κ2) is 3.03. The van der Waals surface area contributed by atoms with Crippen LogP contribution in [-0.2, 0) is 0 Å². The maximum atomic E-state index is 7.02. The molecule has 0 amide bonds. The summed E-state index contributed by atoms with van der Waals surface area (Å²) in [6, 6.07) is 9.09. The van der Waals surface area contributed by atoms with Crippen LogP contribution in [0.2, 0.25) is 0 Å². The lowest BCUT2D eigenvalue weighted by Crippen LogP contribution is -2.42. The highest BCUT2D eigenvalue weighted by Gasteiger charge is 2.00. The Morgan fingerprint density at radius 1 is 1.27 bits per heavy atom. The third-order valence-corrected chi connectivity index (χ3v) is 1.29. The number of hydrogen-bond donors (Lipinski definition) is 3. The molecule has 1 rings (SSSR count). The number of anilines is 1. The van der Waals surface area contributed by atoms with E-state index in [1.54, 1.807) is 12.1 Å². The Labute approximate surface area is 64.9 Å². The van der Waals surface area contributed by atoms with Gasteiger partial charge in [0.2, 0.25) is 5.96 Å². The number of nitrogens with one attached hydrogen (secondary N) is 1. The molecule has 0 radical (unpaired) electrons. The van der Waals surface area contributed by atoms with E-state index in [-0.39, 0.29) is 5.96 Å². The van der Waals surface area contributed by atoms with Crippen molar-refractivity contribution in [3.8, 4) is 0 Å². The number of guanidine groups is 1. The molecule has 0 aliphatic carbocycles. The van der Waals surface area contributed by atoms with Crippen molar-refractivity contribution < 1.29 is 0 Å². The van der Waals surface area contributed by atoms with Crippen LogP contribution in [0, 0.1) is 5.41 Å². The van der Waals surface area contributed by atoms with Crippen LogP contribution in [-0.4, -0.2) is 5.96 Å². The molecule has 11 heavy (non-hydrogen) atoms. The predicted molar refractivity (Wildman–Crippen MR) is 45.0 cm³/mol. The molecule has 0 atom stereocenters. The summed E-state index contributed by atoms with van der Waals surface area (Å²) in [5.41, 5.74) is 5.86. The molecular formula is C7H10N4. The fourth-order valence-electron chi connectivity index (χ4n) is 0.728. The molecule has 1 aromatic rings. The molecule has 5 N–H and O–H groups in total. The number of hydrazine groups is 1. The van der Waals surface area contributed by atoms with Crippen LogP contribution in [0.25, 0.3) is 0 Å². The molecule has 0 saturated heterocycles. The molecule has 0 aliphatic heterocycles. The summed E-state index contributed by atoms with van der Waals surface area (Å²) in [5, 5.41) is 8.13.